The van der Waals surface area contributed by atoms with Crippen LogP contribution in [0.4, 0.5) is 24.7 Å². The highest BCUT2D eigenvalue weighted by atomic mass is 127. The van der Waals surface area contributed by atoms with Crippen molar-refractivity contribution in [3.63, 3.8) is 0 Å². The van der Waals surface area contributed by atoms with Crippen LogP contribution in [-0.2, 0) is 15.7 Å². The Bertz CT molecular complexity index is 1320. The Hall–Kier alpha value is -2.55. The van der Waals surface area contributed by atoms with Gasteiger partial charge in [0, 0.05) is 26.2 Å². The number of ether oxygens (including phenoxy) is 1. The molecule has 13 heteroatoms. The second-order valence-corrected chi connectivity index (χ2v) is 10.9. The minimum absolute atomic E-state index is 0.0441. The van der Waals surface area contributed by atoms with Gasteiger partial charge in [-0.2, -0.15) is 18.3 Å². The van der Waals surface area contributed by atoms with E-state index < -0.39 is 17.3 Å². The standard InChI is InChI=1S/C24H25F3IN7O2/c25-24(26,27)16-5-4-15(13-29-16)34-11-8-23(22(34)36)6-9-33(10-7-23)17-14-30-19-20(28)32-35(21(19)31-17)18-3-1-2-12-37-18/h4-5,13-14,18H,1-3,6-12H2. The van der Waals surface area contributed by atoms with Crippen LogP contribution < -0.4 is 9.80 Å². The quantitative estimate of drug-likeness (QED) is 0.394. The van der Waals surface area contributed by atoms with Crippen LogP contribution in [0.2, 0.25) is 0 Å². The van der Waals surface area contributed by atoms with E-state index in [-0.39, 0.29) is 12.1 Å². The minimum atomic E-state index is -4.51. The van der Waals surface area contributed by atoms with E-state index in [1.165, 1.54) is 6.07 Å². The first-order valence-corrected chi connectivity index (χ1v) is 13.5. The van der Waals surface area contributed by atoms with Crippen LogP contribution in [0.5, 0.6) is 0 Å². The molecule has 1 spiro atoms. The van der Waals surface area contributed by atoms with Crippen LogP contribution in [-0.4, -0.2) is 56.9 Å². The Labute approximate surface area is 224 Å². The predicted molar refractivity (Wildman–Crippen MR) is 137 cm³/mol. The van der Waals surface area contributed by atoms with Gasteiger partial charge in [0.05, 0.1) is 23.5 Å². The number of pyridine rings is 1. The molecule has 0 radical (unpaired) electrons. The van der Waals surface area contributed by atoms with E-state index in [9.17, 15) is 18.0 Å². The number of alkyl halides is 3. The first-order chi connectivity index (χ1) is 17.7. The lowest BCUT2D eigenvalue weighted by molar-refractivity contribution is -0.141. The molecular weight excluding hydrogens is 602 g/mol. The molecule has 3 aliphatic rings. The zero-order chi connectivity index (χ0) is 25.8. The third-order valence-electron chi connectivity index (χ3n) is 7.69. The number of hydrogen-bond acceptors (Lipinski definition) is 7. The molecule has 9 nitrogen and oxygen atoms in total. The van der Waals surface area contributed by atoms with E-state index in [2.05, 4.69) is 42.6 Å². The molecule has 1 unspecified atom stereocenters. The normalized spacial score (nSPS) is 22.4. The highest BCUT2D eigenvalue weighted by Crippen LogP contribution is 2.44. The van der Waals surface area contributed by atoms with Gasteiger partial charge in [0.2, 0.25) is 5.91 Å². The van der Waals surface area contributed by atoms with Gasteiger partial charge in [-0.05, 0) is 73.2 Å². The van der Waals surface area contributed by atoms with Crippen molar-refractivity contribution in [2.45, 2.75) is 50.9 Å². The van der Waals surface area contributed by atoms with Gasteiger partial charge in [-0.1, -0.05) is 0 Å². The number of aromatic nitrogens is 5. The number of rotatable bonds is 3. The summed E-state index contributed by atoms with van der Waals surface area (Å²) in [5, 5.41) is 4.64. The highest BCUT2D eigenvalue weighted by molar-refractivity contribution is 14.1. The summed E-state index contributed by atoms with van der Waals surface area (Å²) in [5.41, 5.74) is 0.367. The van der Waals surface area contributed by atoms with Crippen molar-refractivity contribution >= 4 is 51.2 Å². The van der Waals surface area contributed by atoms with Crippen LogP contribution in [0.1, 0.15) is 50.4 Å². The van der Waals surface area contributed by atoms with Gasteiger partial charge in [0.1, 0.15) is 17.0 Å². The first-order valence-electron chi connectivity index (χ1n) is 12.4. The summed E-state index contributed by atoms with van der Waals surface area (Å²) in [6, 6.07) is 2.25. The summed E-state index contributed by atoms with van der Waals surface area (Å²) < 4.78 is 47.2. The molecule has 0 bridgehead atoms. The van der Waals surface area contributed by atoms with Crippen molar-refractivity contribution in [1.82, 2.24) is 24.7 Å². The van der Waals surface area contributed by atoms with Crippen molar-refractivity contribution < 1.29 is 22.7 Å². The highest BCUT2D eigenvalue weighted by Gasteiger charge is 2.49. The summed E-state index contributed by atoms with van der Waals surface area (Å²) in [6.07, 6.45) is 3.20. The molecule has 6 rings (SSSR count). The average Bonchev–Trinajstić information content (AvgIpc) is 3.41. The van der Waals surface area contributed by atoms with Crippen LogP contribution in [0.15, 0.2) is 24.5 Å². The van der Waals surface area contributed by atoms with Crippen LogP contribution in [0.25, 0.3) is 11.2 Å². The van der Waals surface area contributed by atoms with Gasteiger partial charge >= 0.3 is 6.18 Å². The molecule has 0 aromatic carbocycles. The third-order valence-corrected chi connectivity index (χ3v) is 8.41. The lowest BCUT2D eigenvalue weighted by atomic mass is 9.77. The first kappa shape index (κ1) is 24.8. The SMILES string of the molecule is O=C1N(c2ccc(C(F)(F)F)nc2)CCC12CCN(c1cnc3c(I)nn(C4CCCCO4)c3n1)CC2. The Kier molecular flexibility index (Phi) is 6.24. The maximum absolute atomic E-state index is 13.4. The van der Waals surface area contributed by atoms with Crippen molar-refractivity contribution in [3.05, 3.63) is 33.9 Å². The summed E-state index contributed by atoms with van der Waals surface area (Å²) >= 11 is 2.17. The molecule has 37 heavy (non-hydrogen) atoms. The lowest BCUT2D eigenvalue weighted by Crippen LogP contribution is -2.45. The summed E-state index contributed by atoms with van der Waals surface area (Å²) in [7, 11) is 0. The monoisotopic (exact) mass is 627 g/mol. The molecule has 0 saturated carbocycles. The predicted octanol–water partition coefficient (Wildman–Crippen LogP) is 4.57. The van der Waals surface area contributed by atoms with E-state index in [4.69, 9.17) is 9.72 Å². The number of amides is 1. The largest absolute Gasteiger partial charge is 0.433 e. The summed E-state index contributed by atoms with van der Waals surface area (Å²) in [6.45, 7) is 2.44. The molecule has 0 N–H and O–H groups in total. The summed E-state index contributed by atoms with van der Waals surface area (Å²) in [5.74, 6) is 0.697. The maximum Gasteiger partial charge on any atom is 0.433 e. The smallest absolute Gasteiger partial charge is 0.356 e. The number of anilines is 2. The van der Waals surface area contributed by atoms with Gasteiger partial charge in [-0.15, -0.1) is 0 Å². The molecule has 3 fully saturated rings. The van der Waals surface area contributed by atoms with Gasteiger partial charge in [-0.25, -0.2) is 19.6 Å². The van der Waals surface area contributed by atoms with Crippen molar-refractivity contribution in [3.8, 4) is 0 Å². The number of nitrogens with zero attached hydrogens (tertiary/aromatic N) is 7. The zero-order valence-electron chi connectivity index (χ0n) is 19.9. The molecule has 1 atom stereocenters. The molecule has 3 aromatic heterocycles. The molecule has 196 valence electrons. The molecule has 6 heterocycles. The number of carbonyl (C=O) groups excluding carboxylic acids is 1. The topological polar surface area (TPSA) is 89.3 Å². The van der Waals surface area contributed by atoms with E-state index in [1.54, 1.807) is 11.1 Å². The number of hydrogen-bond donors (Lipinski definition) is 0. The second-order valence-electron chi connectivity index (χ2n) is 9.83. The van der Waals surface area contributed by atoms with Crippen LogP contribution in [0.3, 0.4) is 0 Å². The Morgan fingerprint density at radius 3 is 2.51 bits per heavy atom. The lowest BCUT2D eigenvalue weighted by Gasteiger charge is -2.38. The van der Waals surface area contributed by atoms with E-state index in [1.807, 2.05) is 4.68 Å². The molecule has 1 amide bonds. The Morgan fingerprint density at radius 1 is 1.05 bits per heavy atom. The number of fused-ring (bicyclic) bond motifs is 1. The number of halogens is 4. The Morgan fingerprint density at radius 2 is 1.84 bits per heavy atom. The van der Waals surface area contributed by atoms with Gasteiger partial charge in [-0.3, -0.25) is 4.79 Å². The fourth-order valence-electron chi connectivity index (χ4n) is 5.54. The van der Waals surface area contributed by atoms with Crippen molar-refractivity contribution in [2.75, 3.05) is 36.0 Å². The molecule has 3 aliphatic heterocycles. The molecule has 3 aromatic rings. The average molecular weight is 627 g/mol. The van der Waals surface area contributed by atoms with Crippen LogP contribution >= 0.6 is 22.6 Å². The molecular formula is C24H25F3IN7O2. The van der Waals surface area contributed by atoms with Crippen molar-refractivity contribution in [1.29, 1.82) is 0 Å². The fraction of sp³-hybridized carbons (Fsp3) is 0.542. The number of piperidine rings is 1. The number of carbonyl (C=O) groups is 1. The second kappa shape index (κ2) is 9.33. The third kappa shape index (κ3) is 4.43. The van der Waals surface area contributed by atoms with E-state index >= 15 is 0 Å². The van der Waals surface area contributed by atoms with E-state index in [0.717, 1.165) is 46.6 Å². The minimum Gasteiger partial charge on any atom is -0.356 e. The van der Waals surface area contributed by atoms with Gasteiger partial charge in [0.15, 0.2) is 15.6 Å². The summed E-state index contributed by atoms with van der Waals surface area (Å²) in [4.78, 5) is 30.2. The maximum atomic E-state index is 13.4. The molecule has 3 saturated heterocycles. The van der Waals surface area contributed by atoms with Gasteiger partial charge < -0.3 is 14.5 Å². The van der Waals surface area contributed by atoms with Crippen molar-refractivity contribution in [2.24, 2.45) is 5.41 Å². The fourth-order valence-corrected chi connectivity index (χ4v) is 6.16. The molecule has 0 aliphatic carbocycles. The van der Waals surface area contributed by atoms with E-state index in [0.29, 0.717) is 56.8 Å². The van der Waals surface area contributed by atoms with Crippen LogP contribution in [0, 0.1) is 9.12 Å². The zero-order valence-corrected chi connectivity index (χ0v) is 22.1. The van der Waals surface area contributed by atoms with Gasteiger partial charge in [0.25, 0.3) is 0 Å². The Balaban J connectivity index is 1.17.